The van der Waals surface area contributed by atoms with Gasteiger partial charge in [-0.2, -0.15) is 0 Å². The van der Waals surface area contributed by atoms with Crippen LogP contribution in [0.3, 0.4) is 0 Å². The van der Waals surface area contributed by atoms with Gasteiger partial charge in [0.25, 0.3) is 0 Å². The number of hydrogen-bond donors (Lipinski definition) is 1. The molecule has 0 saturated carbocycles. The maximum atomic E-state index is 10.5. The number of para-hydroxylation sites is 2. The zero-order valence-corrected chi connectivity index (χ0v) is 7.29. The van der Waals surface area contributed by atoms with Gasteiger partial charge in [0, 0.05) is 5.69 Å². The molecule has 42 valence electrons. The molecule has 2 N–H and O–H groups in total. The van der Waals surface area contributed by atoms with Crippen molar-refractivity contribution in [2.75, 3.05) is 5.73 Å². The first kappa shape index (κ1) is 8.82. The van der Waals surface area contributed by atoms with Gasteiger partial charge in [0.15, 0.2) is 0 Å². The summed E-state index contributed by atoms with van der Waals surface area (Å²) in [6.45, 7) is 0. The van der Waals surface area contributed by atoms with Gasteiger partial charge in [-0.15, -0.1) is 0 Å². The molecule has 0 fully saturated rings. The molecule has 0 heterocycles. The predicted molar refractivity (Wildman–Crippen MR) is 30.3 cm³/mol. The van der Waals surface area contributed by atoms with Crippen LogP contribution in [0.25, 0.3) is 0 Å². The fourth-order valence-corrected chi connectivity index (χ4v) is 0.481. The molecule has 0 saturated heterocycles. The molecule has 0 aliphatic heterocycles. The molecule has 0 spiro atoms. The molecule has 0 aliphatic carbocycles. The summed E-state index contributed by atoms with van der Waals surface area (Å²) in [4.78, 5) is 0. The normalized spacial score (nSPS) is 8.00. The summed E-state index contributed by atoms with van der Waals surface area (Å²) < 4.78 is 0. The third-order valence-electron chi connectivity index (χ3n) is 0.919. The molecule has 0 radical (unpaired) electrons. The Morgan fingerprint density at radius 2 is 1.78 bits per heavy atom. The molecule has 3 heteroatoms. The smallest absolute Gasteiger partial charge is 0.871 e. The molecule has 1 aromatic carbocycles. The summed E-state index contributed by atoms with van der Waals surface area (Å²) in [5, 5.41) is 10.5. The second-order valence-corrected chi connectivity index (χ2v) is 1.54. The predicted octanol–water partition coefficient (Wildman–Crippen LogP) is -2.65. The van der Waals surface area contributed by atoms with Crippen molar-refractivity contribution < 1.29 is 34.7 Å². The molecule has 0 bridgehead atoms. The zero-order valence-electron chi connectivity index (χ0n) is 5.29. The van der Waals surface area contributed by atoms with Gasteiger partial charge in [-0.05, 0) is 6.07 Å². The van der Waals surface area contributed by atoms with Crippen LogP contribution in [-0.4, -0.2) is 0 Å². The zero-order chi connectivity index (χ0) is 5.98. The molecular weight excluding hydrogens is 125 g/mol. The van der Waals surface area contributed by atoms with Crippen molar-refractivity contribution in [2.24, 2.45) is 0 Å². The van der Waals surface area contributed by atoms with E-state index in [1.165, 1.54) is 6.07 Å². The number of nitrogen functional groups attached to an aromatic ring is 1. The Morgan fingerprint density at radius 3 is 2.11 bits per heavy atom. The van der Waals surface area contributed by atoms with E-state index < -0.39 is 0 Å². The number of rotatable bonds is 0. The number of benzene rings is 1. The summed E-state index contributed by atoms with van der Waals surface area (Å²) in [6, 6.07) is 6.42. The summed E-state index contributed by atoms with van der Waals surface area (Å²) in [7, 11) is 0. The fraction of sp³-hybridized carbons (Fsp3) is 0. The summed E-state index contributed by atoms with van der Waals surface area (Å²) in [5.41, 5.74) is 5.52. The van der Waals surface area contributed by atoms with Crippen molar-refractivity contribution in [1.82, 2.24) is 0 Å². The standard InChI is InChI=1S/C6H7NO.Na/c7-5-3-1-2-4-6(5)8;/h1-4,8H,7H2;/q;+1/p-1. The molecule has 0 atom stereocenters. The second-order valence-electron chi connectivity index (χ2n) is 1.54. The van der Waals surface area contributed by atoms with Crippen molar-refractivity contribution >= 4 is 5.69 Å². The topological polar surface area (TPSA) is 49.1 Å². The minimum absolute atomic E-state index is 0. The molecule has 0 aromatic heterocycles. The van der Waals surface area contributed by atoms with Crippen LogP contribution in [0.15, 0.2) is 24.3 Å². The van der Waals surface area contributed by atoms with Gasteiger partial charge < -0.3 is 10.8 Å². The van der Waals surface area contributed by atoms with Crippen LogP contribution < -0.4 is 40.4 Å². The first-order valence-electron chi connectivity index (χ1n) is 2.32. The van der Waals surface area contributed by atoms with Gasteiger partial charge in [0.1, 0.15) is 0 Å². The van der Waals surface area contributed by atoms with E-state index in [0.29, 0.717) is 5.69 Å². The van der Waals surface area contributed by atoms with Crippen molar-refractivity contribution in [2.45, 2.75) is 0 Å². The van der Waals surface area contributed by atoms with Gasteiger partial charge in [0.2, 0.25) is 0 Å². The van der Waals surface area contributed by atoms with Gasteiger partial charge in [0.05, 0.1) is 0 Å². The Bertz CT molecular complexity index is 169. The van der Waals surface area contributed by atoms with Gasteiger partial charge in [-0.3, -0.25) is 0 Å². The fourth-order valence-electron chi connectivity index (χ4n) is 0.481. The van der Waals surface area contributed by atoms with Gasteiger partial charge >= 0.3 is 29.6 Å². The third kappa shape index (κ3) is 2.26. The van der Waals surface area contributed by atoms with Crippen LogP contribution in [0.4, 0.5) is 5.69 Å². The maximum absolute atomic E-state index is 10.5. The van der Waals surface area contributed by atoms with Crippen LogP contribution in [-0.2, 0) is 0 Å². The van der Waals surface area contributed by atoms with E-state index in [4.69, 9.17) is 5.73 Å². The number of nitrogens with two attached hydrogens (primary N) is 1. The van der Waals surface area contributed by atoms with E-state index in [1.807, 2.05) is 0 Å². The molecule has 9 heavy (non-hydrogen) atoms. The van der Waals surface area contributed by atoms with E-state index in [-0.39, 0.29) is 35.3 Å². The SMILES string of the molecule is Nc1ccccc1[O-].[Na+]. The number of anilines is 1. The monoisotopic (exact) mass is 131 g/mol. The average Bonchev–Trinajstić information content (AvgIpc) is 1.77. The Morgan fingerprint density at radius 1 is 1.22 bits per heavy atom. The van der Waals surface area contributed by atoms with Crippen molar-refractivity contribution in [3.63, 3.8) is 0 Å². The van der Waals surface area contributed by atoms with E-state index in [0.717, 1.165) is 0 Å². The van der Waals surface area contributed by atoms with Gasteiger partial charge in [-0.1, -0.05) is 23.9 Å². The molecule has 1 aromatic rings. The van der Waals surface area contributed by atoms with Crippen molar-refractivity contribution in [1.29, 1.82) is 0 Å². The first-order valence-corrected chi connectivity index (χ1v) is 2.32. The number of hydrogen-bond acceptors (Lipinski definition) is 2. The molecular formula is C6H6NNaO. The summed E-state index contributed by atoms with van der Waals surface area (Å²) in [5.74, 6) is -0.104. The maximum Gasteiger partial charge on any atom is 1.00 e. The van der Waals surface area contributed by atoms with E-state index in [9.17, 15) is 5.11 Å². The van der Waals surface area contributed by atoms with Crippen molar-refractivity contribution in [3.8, 4) is 5.75 Å². The third-order valence-corrected chi connectivity index (χ3v) is 0.919. The molecule has 1 rings (SSSR count). The molecule has 0 aliphatic rings. The molecule has 0 unspecified atom stereocenters. The Balaban J connectivity index is 0.000000640. The minimum Gasteiger partial charge on any atom is -0.871 e. The Kier molecular flexibility index (Phi) is 3.70. The van der Waals surface area contributed by atoms with Crippen molar-refractivity contribution in [3.05, 3.63) is 24.3 Å². The van der Waals surface area contributed by atoms with E-state index in [2.05, 4.69) is 0 Å². The molecule has 0 amide bonds. The first-order chi connectivity index (χ1) is 3.80. The van der Waals surface area contributed by atoms with Crippen LogP contribution in [0.1, 0.15) is 0 Å². The van der Waals surface area contributed by atoms with E-state index in [1.54, 1.807) is 18.2 Å². The quantitative estimate of drug-likeness (QED) is 0.309. The van der Waals surface area contributed by atoms with Crippen LogP contribution in [0.2, 0.25) is 0 Å². The minimum atomic E-state index is -0.104. The van der Waals surface area contributed by atoms with Gasteiger partial charge in [-0.25, -0.2) is 0 Å². The Hall–Kier alpha value is -0.180. The van der Waals surface area contributed by atoms with Crippen LogP contribution in [0.5, 0.6) is 5.75 Å². The van der Waals surface area contributed by atoms with Crippen LogP contribution >= 0.6 is 0 Å². The molecule has 2 nitrogen and oxygen atoms in total. The Labute approximate surface area is 76.0 Å². The summed E-state index contributed by atoms with van der Waals surface area (Å²) >= 11 is 0. The van der Waals surface area contributed by atoms with E-state index >= 15 is 0 Å². The second kappa shape index (κ2) is 3.77. The largest absolute Gasteiger partial charge is 1.00 e. The van der Waals surface area contributed by atoms with Crippen LogP contribution in [0, 0.1) is 0 Å². The summed E-state index contributed by atoms with van der Waals surface area (Å²) in [6.07, 6.45) is 0. The average molecular weight is 131 g/mol.